The molecule has 1 saturated heterocycles. The number of nitrogens with zero attached hydrogens (tertiary/aromatic N) is 1. The van der Waals surface area contributed by atoms with Crippen LogP contribution in [0.4, 0.5) is 14.9 Å². The zero-order chi connectivity index (χ0) is 19.6. The van der Waals surface area contributed by atoms with Crippen LogP contribution in [0.1, 0.15) is 12.5 Å². The number of benzene rings is 2. The van der Waals surface area contributed by atoms with Gasteiger partial charge in [-0.25, -0.2) is 14.1 Å². The quantitative estimate of drug-likeness (QED) is 0.590. The van der Waals surface area contributed by atoms with Crippen LogP contribution in [-0.4, -0.2) is 24.5 Å². The van der Waals surface area contributed by atoms with Crippen molar-refractivity contribution in [1.82, 2.24) is 5.32 Å². The highest BCUT2D eigenvalue weighted by atomic mass is 79.9. The van der Waals surface area contributed by atoms with Crippen LogP contribution in [0.15, 0.2) is 52.5 Å². The van der Waals surface area contributed by atoms with Gasteiger partial charge in [0.1, 0.15) is 17.1 Å². The largest absolute Gasteiger partial charge is 0.494 e. The molecule has 0 atom stereocenters. The van der Waals surface area contributed by atoms with Crippen molar-refractivity contribution < 1.29 is 23.5 Å². The Morgan fingerprint density at radius 3 is 2.63 bits per heavy atom. The summed E-state index contributed by atoms with van der Waals surface area (Å²) in [4.78, 5) is 37.7. The molecule has 2 aromatic rings. The molecule has 1 aliphatic heterocycles. The highest BCUT2D eigenvalue weighted by Crippen LogP contribution is 2.27. The number of anilines is 1. The first-order chi connectivity index (χ1) is 12.9. The molecule has 1 N–H and O–H groups in total. The van der Waals surface area contributed by atoms with Gasteiger partial charge in [0.05, 0.1) is 12.3 Å². The van der Waals surface area contributed by atoms with E-state index in [1.54, 1.807) is 18.2 Å². The van der Waals surface area contributed by atoms with Crippen LogP contribution < -0.4 is 15.0 Å². The smallest absolute Gasteiger partial charge is 0.336 e. The molecule has 6 nitrogen and oxygen atoms in total. The van der Waals surface area contributed by atoms with Crippen molar-refractivity contribution in [2.45, 2.75) is 6.92 Å². The van der Waals surface area contributed by atoms with Gasteiger partial charge in [-0.1, -0.05) is 28.1 Å². The number of nitrogens with one attached hydrogen (secondary N) is 1. The summed E-state index contributed by atoms with van der Waals surface area (Å²) >= 11 is 3.34. The Bertz CT molecular complexity index is 974. The molecule has 4 amide bonds. The topological polar surface area (TPSA) is 75.7 Å². The predicted molar refractivity (Wildman–Crippen MR) is 101 cm³/mol. The van der Waals surface area contributed by atoms with E-state index < -0.39 is 23.7 Å². The first kappa shape index (κ1) is 18.8. The molecule has 1 aliphatic rings. The fourth-order valence-electron chi connectivity index (χ4n) is 2.59. The number of barbiturate groups is 1. The molecular weight excluding hydrogens is 419 g/mol. The Kier molecular flexibility index (Phi) is 5.36. The zero-order valence-corrected chi connectivity index (χ0v) is 15.7. The number of ether oxygens (including phenoxy) is 1. The van der Waals surface area contributed by atoms with Crippen molar-refractivity contribution in [3.63, 3.8) is 0 Å². The van der Waals surface area contributed by atoms with Crippen LogP contribution in [0.3, 0.4) is 0 Å². The summed E-state index contributed by atoms with van der Waals surface area (Å²) in [5, 5.41) is 2.06. The highest BCUT2D eigenvalue weighted by Gasteiger charge is 2.37. The van der Waals surface area contributed by atoms with E-state index in [4.69, 9.17) is 4.74 Å². The molecule has 0 aromatic heterocycles. The maximum atomic E-state index is 14.1. The maximum absolute atomic E-state index is 14.1. The molecular formula is C19H14BrFN2O4. The van der Waals surface area contributed by atoms with E-state index in [2.05, 4.69) is 21.2 Å². The van der Waals surface area contributed by atoms with Crippen LogP contribution in [-0.2, 0) is 9.59 Å². The Balaban J connectivity index is 2.03. The van der Waals surface area contributed by atoms with Crippen LogP contribution in [0, 0.1) is 5.82 Å². The summed E-state index contributed by atoms with van der Waals surface area (Å²) in [6.45, 7) is 2.27. The molecule has 1 fully saturated rings. The Morgan fingerprint density at radius 2 is 1.93 bits per heavy atom. The predicted octanol–water partition coefficient (Wildman–Crippen LogP) is 3.65. The molecule has 8 heteroatoms. The number of carbonyl (C=O) groups is 3. The monoisotopic (exact) mass is 432 g/mol. The average Bonchev–Trinajstić information content (AvgIpc) is 2.60. The lowest BCUT2D eigenvalue weighted by atomic mass is 10.1. The van der Waals surface area contributed by atoms with Crippen molar-refractivity contribution in [2.24, 2.45) is 0 Å². The van der Waals surface area contributed by atoms with Crippen LogP contribution in [0.5, 0.6) is 5.75 Å². The van der Waals surface area contributed by atoms with Gasteiger partial charge >= 0.3 is 6.03 Å². The van der Waals surface area contributed by atoms with E-state index in [9.17, 15) is 18.8 Å². The summed E-state index contributed by atoms with van der Waals surface area (Å²) in [6.07, 6.45) is 1.32. The molecule has 27 heavy (non-hydrogen) atoms. The van der Waals surface area contributed by atoms with Gasteiger partial charge in [-0.15, -0.1) is 0 Å². The lowest BCUT2D eigenvalue weighted by molar-refractivity contribution is -0.122. The number of para-hydroxylation sites is 1. The number of hydrogen-bond acceptors (Lipinski definition) is 4. The minimum atomic E-state index is -1.00. The fraction of sp³-hybridized carbons (Fsp3) is 0.105. The number of imide groups is 2. The number of amides is 4. The lowest BCUT2D eigenvalue weighted by Crippen LogP contribution is -2.54. The van der Waals surface area contributed by atoms with Crippen LogP contribution >= 0.6 is 15.9 Å². The molecule has 0 bridgehead atoms. The Morgan fingerprint density at radius 1 is 1.19 bits per heavy atom. The van der Waals surface area contributed by atoms with Crippen molar-refractivity contribution in [3.8, 4) is 5.75 Å². The van der Waals surface area contributed by atoms with Crippen LogP contribution in [0.2, 0.25) is 0 Å². The number of carbonyl (C=O) groups excluding carboxylic acids is 3. The van der Waals surface area contributed by atoms with Crippen molar-refractivity contribution in [1.29, 1.82) is 0 Å². The van der Waals surface area contributed by atoms with Crippen LogP contribution in [0.25, 0.3) is 6.08 Å². The third-order valence-electron chi connectivity index (χ3n) is 3.71. The van der Waals surface area contributed by atoms with Gasteiger partial charge in [0.15, 0.2) is 0 Å². The maximum Gasteiger partial charge on any atom is 0.336 e. The third-order valence-corrected chi connectivity index (χ3v) is 4.17. The molecule has 0 unspecified atom stereocenters. The third kappa shape index (κ3) is 3.90. The number of urea groups is 1. The van der Waals surface area contributed by atoms with Gasteiger partial charge < -0.3 is 4.74 Å². The van der Waals surface area contributed by atoms with Crippen molar-refractivity contribution in [3.05, 3.63) is 63.9 Å². The number of hydrogen-bond donors (Lipinski definition) is 1. The summed E-state index contributed by atoms with van der Waals surface area (Å²) in [5.41, 5.74) is -0.0183. The second kappa shape index (κ2) is 7.71. The van der Waals surface area contributed by atoms with E-state index >= 15 is 0 Å². The zero-order valence-electron chi connectivity index (χ0n) is 14.2. The van der Waals surface area contributed by atoms with E-state index in [-0.39, 0.29) is 11.3 Å². The van der Waals surface area contributed by atoms with Gasteiger partial charge in [-0.2, -0.15) is 0 Å². The SMILES string of the molecule is CCOc1cc(Br)cc(/C=C2/C(=O)NC(=O)N(c3ccccc3F)C2=O)c1. The van der Waals surface area contributed by atoms with Gasteiger partial charge in [0.25, 0.3) is 11.8 Å². The van der Waals surface area contributed by atoms with E-state index in [0.29, 0.717) is 27.3 Å². The second-order valence-corrected chi connectivity index (χ2v) is 6.48. The molecule has 2 aromatic carbocycles. The molecule has 1 heterocycles. The number of halogens is 2. The van der Waals surface area contributed by atoms with Gasteiger partial charge in [-0.3, -0.25) is 14.9 Å². The molecule has 3 rings (SSSR count). The number of rotatable bonds is 4. The minimum absolute atomic E-state index is 0.234. The van der Waals surface area contributed by atoms with E-state index in [1.807, 2.05) is 6.92 Å². The standard InChI is InChI=1S/C19H14BrFN2O4/c1-2-27-13-8-11(7-12(20)10-13)9-14-17(24)22-19(26)23(18(14)25)16-6-4-3-5-15(16)21/h3-10H,2H2,1H3,(H,22,24,26)/b14-9-. The summed E-state index contributed by atoms with van der Waals surface area (Å²) in [7, 11) is 0. The van der Waals surface area contributed by atoms with E-state index in [1.165, 1.54) is 24.3 Å². The average molecular weight is 433 g/mol. The highest BCUT2D eigenvalue weighted by molar-refractivity contribution is 9.10. The van der Waals surface area contributed by atoms with Gasteiger partial charge in [0.2, 0.25) is 0 Å². The summed E-state index contributed by atoms with van der Waals surface area (Å²) in [5.74, 6) is -1.97. The molecule has 0 radical (unpaired) electrons. The van der Waals surface area contributed by atoms with Gasteiger partial charge in [-0.05, 0) is 48.9 Å². The van der Waals surface area contributed by atoms with E-state index in [0.717, 1.165) is 6.07 Å². The first-order valence-corrected chi connectivity index (χ1v) is 8.79. The molecule has 0 saturated carbocycles. The lowest BCUT2D eigenvalue weighted by Gasteiger charge is -2.26. The Labute approximate surface area is 162 Å². The molecule has 0 aliphatic carbocycles. The van der Waals surface area contributed by atoms with Crippen molar-refractivity contribution in [2.75, 3.05) is 11.5 Å². The second-order valence-electron chi connectivity index (χ2n) is 5.56. The molecule has 138 valence electrons. The Hall–Kier alpha value is -3.00. The minimum Gasteiger partial charge on any atom is -0.494 e. The summed E-state index contributed by atoms with van der Waals surface area (Å²) < 4.78 is 20.2. The molecule has 0 spiro atoms. The first-order valence-electron chi connectivity index (χ1n) is 8.00. The fourth-order valence-corrected chi connectivity index (χ4v) is 3.08. The summed E-state index contributed by atoms with van der Waals surface area (Å²) in [6, 6.07) is 9.39. The van der Waals surface area contributed by atoms with Crippen molar-refractivity contribution >= 4 is 45.5 Å². The normalized spacial score (nSPS) is 15.9. The van der Waals surface area contributed by atoms with Gasteiger partial charge in [0, 0.05) is 4.47 Å².